The Bertz CT molecular complexity index is 4390. The van der Waals surface area contributed by atoms with E-state index in [1.54, 1.807) is 54.3 Å². The summed E-state index contributed by atoms with van der Waals surface area (Å²) in [5.74, 6) is -2.15. The Hall–Kier alpha value is -7.64. The van der Waals surface area contributed by atoms with Crippen LogP contribution in [0.5, 0.6) is 0 Å². The van der Waals surface area contributed by atoms with E-state index in [1.807, 2.05) is 56.1 Å². The molecule has 482 valence electrons. The average molecular weight is 1490 g/mol. The molecule has 24 heteroatoms. The summed E-state index contributed by atoms with van der Waals surface area (Å²) in [4.78, 5) is 44.2. The van der Waals surface area contributed by atoms with Crippen LogP contribution in [0.3, 0.4) is 0 Å². The van der Waals surface area contributed by atoms with Gasteiger partial charge in [-0.2, -0.15) is 10.2 Å². The van der Waals surface area contributed by atoms with Crippen molar-refractivity contribution >= 4 is 100.0 Å². The summed E-state index contributed by atoms with van der Waals surface area (Å²) < 4.78 is 66.2. The number of aryl methyl sites for hydroxylation is 3. The number of amides is 2. The molecule has 9 aromatic rings. The van der Waals surface area contributed by atoms with Crippen LogP contribution in [0.15, 0.2) is 129 Å². The van der Waals surface area contributed by atoms with Crippen molar-refractivity contribution in [3.63, 3.8) is 0 Å². The van der Waals surface area contributed by atoms with E-state index in [9.17, 15) is 37.1 Å². The van der Waals surface area contributed by atoms with E-state index in [2.05, 4.69) is 153 Å². The number of carboxylic acids is 1. The maximum Gasteiger partial charge on any atom is 0.356 e. The van der Waals surface area contributed by atoms with Crippen LogP contribution in [0.2, 0.25) is 0 Å². The van der Waals surface area contributed by atoms with Crippen LogP contribution in [-0.2, 0) is 56.1 Å². The highest BCUT2D eigenvalue weighted by Crippen LogP contribution is 2.42. The van der Waals surface area contributed by atoms with Gasteiger partial charge in [0, 0.05) is 50.8 Å². The zero-order chi connectivity index (χ0) is 66.9. The number of carbonyl (C=O) groups is 3. The summed E-state index contributed by atoms with van der Waals surface area (Å²) in [6.07, 6.45) is 3.63. The molecule has 4 aromatic heterocycles. The van der Waals surface area contributed by atoms with Crippen molar-refractivity contribution in [2.45, 2.75) is 116 Å². The van der Waals surface area contributed by atoms with E-state index in [1.165, 1.54) is 33.5 Å². The zero-order valence-electron chi connectivity index (χ0n) is 52.3. The first kappa shape index (κ1) is 66.8. The maximum absolute atomic E-state index is 14.5. The summed E-state index contributed by atoms with van der Waals surface area (Å²) in [5, 5.41) is 27.0. The highest BCUT2D eigenvalue weighted by molar-refractivity contribution is 9.11. The summed E-state index contributed by atoms with van der Waals surface area (Å²) in [6.45, 7) is 14.0. The van der Waals surface area contributed by atoms with Gasteiger partial charge in [-0.3, -0.25) is 19.0 Å². The van der Waals surface area contributed by atoms with Crippen LogP contribution in [-0.4, -0.2) is 78.5 Å². The van der Waals surface area contributed by atoms with Crippen molar-refractivity contribution in [2.75, 3.05) is 7.05 Å². The van der Waals surface area contributed by atoms with E-state index in [0.717, 1.165) is 56.3 Å². The largest absolute Gasteiger partial charge is 0.476 e. The third-order valence-corrected chi connectivity index (χ3v) is 20.1. The maximum atomic E-state index is 14.5. The van der Waals surface area contributed by atoms with E-state index < -0.39 is 40.1 Å². The lowest BCUT2D eigenvalue weighted by molar-refractivity contribution is 0.0676. The number of fused-ring (bicyclic) bond motifs is 4. The number of hydrogen-bond donors (Lipinski definition) is 4. The second kappa shape index (κ2) is 25.9. The molecule has 0 radical (unpaired) electrons. The zero-order valence-corrected chi connectivity index (χ0v) is 58.7. The van der Waals surface area contributed by atoms with Crippen LogP contribution in [0.25, 0.3) is 11.3 Å². The van der Waals surface area contributed by atoms with Gasteiger partial charge in [-0.05, 0) is 150 Å². The number of carbonyl (C=O) groups excluding carboxylic acids is 2. The average Bonchev–Trinajstić information content (AvgIpc) is 1.68. The number of aromatic nitrogens is 7. The number of halogens is 7. The van der Waals surface area contributed by atoms with E-state index in [-0.39, 0.29) is 57.9 Å². The molecule has 15 nitrogen and oxygen atoms in total. The van der Waals surface area contributed by atoms with Gasteiger partial charge in [-0.1, -0.05) is 139 Å². The Morgan fingerprint density at radius 2 is 1.13 bits per heavy atom. The highest BCUT2D eigenvalue weighted by Gasteiger charge is 2.44. The van der Waals surface area contributed by atoms with Crippen LogP contribution in [0.4, 0.5) is 17.6 Å². The predicted octanol–water partition coefficient (Wildman–Crippen LogP) is 14.5. The smallest absolute Gasteiger partial charge is 0.356 e. The topological polar surface area (TPSA) is 169 Å². The Labute approximate surface area is 571 Å². The van der Waals surface area contributed by atoms with Gasteiger partial charge in [0.25, 0.3) is 11.8 Å². The molecular formula is C69H66Br3F4N11O4S2. The molecule has 5 aromatic carbocycles. The number of aromatic carboxylic acids is 1. The lowest BCUT2D eigenvalue weighted by Gasteiger charge is -2.38. The van der Waals surface area contributed by atoms with Gasteiger partial charge in [0.1, 0.15) is 44.5 Å². The number of nitrogens with one attached hydrogen (secondary N) is 3. The molecule has 4 aliphatic heterocycles. The predicted molar refractivity (Wildman–Crippen MR) is 366 cm³/mol. The Balaban J connectivity index is 0.000000127. The number of likely N-dealkylation sites (N-methyl/N-ethyl adjacent to an activating group) is 1. The number of nitrogens with zero attached hydrogens (tertiary/aromatic N) is 8. The first-order valence-electron chi connectivity index (χ1n) is 30.0. The molecule has 2 amide bonds. The first-order chi connectivity index (χ1) is 44.0. The van der Waals surface area contributed by atoms with Gasteiger partial charge in [0.05, 0.1) is 64.9 Å². The second-order valence-electron chi connectivity index (χ2n) is 24.9. The van der Waals surface area contributed by atoms with Gasteiger partial charge >= 0.3 is 5.97 Å². The third-order valence-electron chi connectivity index (χ3n) is 18.0. The Morgan fingerprint density at radius 3 is 1.65 bits per heavy atom. The van der Waals surface area contributed by atoms with Crippen molar-refractivity contribution in [1.82, 2.24) is 54.5 Å². The number of benzene rings is 5. The molecule has 1 fully saturated rings. The van der Waals surface area contributed by atoms with Gasteiger partial charge in [-0.25, -0.2) is 27.3 Å². The van der Waals surface area contributed by atoms with Gasteiger partial charge in [0.15, 0.2) is 17.3 Å². The van der Waals surface area contributed by atoms with E-state index >= 15 is 0 Å². The quantitative estimate of drug-likeness (QED) is 0.0844. The molecule has 8 heterocycles. The molecule has 0 saturated heterocycles. The van der Waals surface area contributed by atoms with Gasteiger partial charge in [-0.15, -0.1) is 0 Å². The minimum atomic E-state index is -1.23. The molecular weight excluding hydrogens is 1430 g/mol. The van der Waals surface area contributed by atoms with Crippen LogP contribution in [0, 0.1) is 56.9 Å². The number of rotatable bonds is 8. The SMILES string of the molecule is C[C@@]1(c2cc(Br)ccc2F)Cn2c(CC3CC3)nc(C(=O)O)c2C(=O)N1.Cc1c2c(c(-c3ccccc3)n1C)CC(c1ccccc1)N(C)C2=O.Cc1ccc(Br)cc1[C@]1(C)Cn2nc(C)c(F)c2C(=S)N1.Cc1nn2c(c1F)C(=S)N[C@](C)(c1cc(Br)ccc1F)C2. The lowest BCUT2D eigenvalue weighted by Crippen LogP contribution is -2.52. The minimum absolute atomic E-state index is 0.0426. The van der Waals surface area contributed by atoms with Crippen molar-refractivity contribution in [2.24, 2.45) is 13.0 Å². The molecule has 4 atom stereocenters. The summed E-state index contributed by atoms with van der Waals surface area (Å²) >= 11 is 20.8. The molecule has 1 unspecified atom stereocenters. The Morgan fingerprint density at radius 1 is 0.645 bits per heavy atom. The fourth-order valence-corrected chi connectivity index (χ4v) is 14.9. The molecule has 0 bridgehead atoms. The molecule has 14 rings (SSSR count). The first-order valence-corrected chi connectivity index (χ1v) is 33.2. The normalized spacial score (nSPS) is 20.2. The number of thiocarbonyl (C=S) groups is 2. The van der Waals surface area contributed by atoms with Crippen molar-refractivity contribution in [3.05, 3.63) is 237 Å². The summed E-state index contributed by atoms with van der Waals surface area (Å²) in [6, 6.07) is 36.2. The molecule has 1 saturated carbocycles. The van der Waals surface area contributed by atoms with Crippen LogP contribution < -0.4 is 16.0 Å². The number of carboxylic acid groups (broad SMARTS) is 1. The van der Waals surface area contributed by atoms with Crippen LogP contribution in [0.1, 0.15) is 139 Å². The van der Waals surface area contributed by atoms with E-state index in [4.69, 9.17) is 24.4 Å². The summed E-state index contributed by atoms with van der Waals surface area (Å²) in [7, 11) is 3.97. The van der Waals surface area contributed by atoms with Crippen LogP contribution >= 0.6 is 72.2 Å². The van der Waals surface area contributed by atoms with Crippen molar-refractivity contribution in [1.29, 1.82) is 0 Å². The molecule has 1 aliphatic carbocycles. The van der Waals surface area contributed by atoms with Gasteiger partial charge in [0.2, 0.25) is 0 Å². The minimum Gasteiger partial charge on any atom is -0.476 e. The highest BCUT2D eigenvalue weighted by atomic mass is 79.9. The second-order valence-corrected chi connectivity index (χ2v) is 28.5. The standard InChI is InChI=1S/C22H22N2O.C18H17BrFN3O3.C15H15BrFN3S.C14H12BrF2N3S/c1-15-20-18(21(23(15)2)17-12-8-5-9-13-17)14-19(24(3)22(20)25)16-10-6-4-7-11-16;1-18(11-7-10(19)4-5-12(11)20)8-23-13(6-9-2-3-9)21-14(17(25)26)15(23)16(24)22-18;1-8-4-5-10(16)6-11(8)15(3)7-20-13(14(21)18-15)12(17)9(2)19-20;1-7-11(17)12-13(21)18-14(2,6-20(12)19-7)9-5-8(15)3-4-10(9)16/h4-13,19H,14H2,1-3H3;4-5,7,9H,2-3,6,8H2,1H3,(H,22,24)(H,25,26);4-6H,7H2,1-3H3,(H,18,21);3-5H,6H2,1-2H3,(H,18,21)/t;18-;15-;14-/m.000/s1. The molecule has 0 spiro atoms. The Kier molecular flexibility index (Phi) is 18.6. The molecule has 93 heavy (non-hydrogen) atoms. The molecule has 4 N–H and O–H groups in total. The number of hydrogen-bond acceptors (Lipinski definition) is 8. The summed E-state index contributed by atoms with van der Waals surface area (Å²) in [5.41, 5.74) is 8.57. The van der Waals surface area contributed by atoms with E-state index in [0.29, 0.717) is 63.2 Å². The van der Waals surface area contributed by atoms with Crippen molar-refractivity contribution < 1.29 is 37.1 Å². The van der Waals surface area contributed by atoms with Gasteiger partial charge < -0.3 is 35.1 Å². The molecule has 5 aliphatic rings. The lowest BCUT2D eigenvalue weighted by atomic mass is 9.87. The third kappa shape index (κ3) is 12.9. The van der Waals surface area contributed by atoms with Crippen molar-refractivity contribution in [3.8, 4) is 11.3 Å². The fourth-order valence-electron chi connectivity index (χ4n) is 13.0. The number of imidazole rings is 1. The monoisotopic (exact) mass is 1490 g/mol. The fraction of sp³-hybridized carbons (Fsp3) is 0.304.